The van der Waals surface area contributed by atoms with Crippen LogP contribution >= 0.6 is 0 Å². The summed E-state index contributed by atoms with van der Waals surface area (Å²) >= 11 is 0. The van der Waals surface area contributed by atoms with Crippen LogP contribution < -0.4 is 0 Å². The molecule has 0 radical (unpaired) electrons. The van der Waals surface area contributed by atoms with Crippen molar-refractivity contribution in [1.29, 1.82) is 0 Å². The summed E-state index contributed by atoms with van der Waals surface area (Å²) in [7, 11) is 0. The number of phenolic OH excluding ortho intramolecular Hbond substituents is 1. The Morgan fingerprint density at radius 3 is 2.62 bits per heavy atom. The third-order valence-electron chi connectivity index (χ3n) is 1.47. The van der Waals surface area contributed by atoms with Crippen LogP contribution in [0.4, 0.5) is 0 Å². The summed E-state index contributed by atoms with van der Waals surface area (Å²) in [6.07, 6.45) is 0. The van der Waals surface area contributed by atoms with Gasteiger partial charge in [0.15, 0.2) is 0 Å². The molecule has 0 heterocycles. The minimum atomic E-state index is -0.451. The highest BCUT2D eigenvalue weighted by atomic mass is 16.5. The number of benzene rings is 1. The van der Waals surface area contributed by atoms with E-state index in [9.17, 15) is 9.90 Å². The third kappa shape index (κ3) is 2.33. The van der Waals surface area contributed by atoms with Gasteiger partial charge in [-0.05, 0) is 12.1 Å². The monoisotopic (exact) mass is 178 g/mol. The molecule has 0 bridgehead atoms. The molecule has 68 valence electrons. The minimum absolute atomic E-state index is 0.0498. The van der Waals surface area contributed by atoms with Gasteiger partial charge in [-0.15, -0.1) is 0 Å². The zero-order valence-electron chi connectivity index (χ0n) is 7.28. The van der Waals surface area contributed by atoms with Crippen LogP contribution in [0.2, 0.25) is 0 Å². The molecule has 0 fully saturated rings. The Balaban J connectivity index is 2.89. The maximum Gasteiger partial charge on any atom is 0.308 e. The first-order chi connectivity index (χ1) is 6.11. The molecule has 13 heavy (non-hydrogen) atoms. The van der Waals surface area contributed by atoms with Gasteiger partial charge in [0.25, 0.3) is 0 Å². The second-order valence-electron chi connectivity index (χ2n) is 2.53. The second-order valence-corrected chi connectivity index (χ2v) is 2.53. The van der Waals surface area contributed by atoms with Crippen molar-refractivity contribution in [3.8, 4) is 5.75 Å². The Morgan fingerprint density at radius 1 is 1.46 bits per heavy atom. The summed E-state index contributed by atoms with van der Waals surface area (Å²) in [5.74, 6) is -0.243. The van der Waals surface area contributed by atoms with Gasteiger partial charge in [0.05, 0.1) is 5.56 Å². The van der Waals surface area contributed by atoms with Crippen LogP contribution in [0.3, 0.4) is 0 Å². The summed E-state index contributed by atoms with van der Waals surface area (Å²) < 4.78 is 4.72. The van der Waals surface area contributed by atoms with Crippen LogP contribution in [0.25, 0.3) is 5.76 Å². The van der Waals surface area contributed by atoms with Crippen molar-refractivity contribution in [3.63, 3.8) is 0 Å². The zero-order chi connectivity index (χ0) is 9.84. The lowest BCUT2D eigenvalue weighted by Crippen LogP contribution is -1.97. The zero-order valence-corrected chi connectivity index (χ0v) is 7.28. The van der Waals surface area contributed by atoms with Crippen LogP contribution in [0, 0.1) is 0 Å². The number of aromatic hydroxyl groups is 1. The number of para-hydroxylation sites is 1. The summed E-state index contributed by atoms with van der Waals surface area (Å²) in [4.78, 5) is 10.6. The number of carbonyl (C=O) groups excluding carboxylic acids is 1. The molecule has 0 atom stereocenters. The van der Waals surface area contributed by atoms with E-state index in [1.54, 1.807) is 18.2 Å². The molecule has 1 aromatic carbocycles. The summed E-state index contributed by atoms with van der Waals surface area (Å²) in [5.41, 5.74) is 0.428. The van der Waals surface area contributed by atoms with E-state index in [1.807, 2.05) is 0 Å². The van der Waals surface area contributed by atoms with Crippen LogP contribution in [0.1, 0.15) is 12.5 Å². The molecule has 0 saturated carbocycles. The molecule has 0 aliphatic rings. The van der Waals surface area contributed by atoms with Gasteiger partial charge in [0.1, 0.15) is 11.5 Å². The van der Waals surface area contributed by atoms with E-state index in [1.165, 1.54) is 13.0 Å². The van der Waals surface area contributed by atoms with Gasteiger partial charge < -0.3 is 9.84 Å². The average molecular weight is 178 g/mol. The number of phenols is 1. The van der Waals surface area contributed by atoms with Crippen LogP contribution in [-0.4, -0.2) is 11.1 Å². The molecule has 0 aliphatic carbocycles. The molecule has 1 N–H and O–H groups in total. The Bertz CT molecular complexity index is 342. The highest BCUT2D eigenvalue weighted by Gasteiger charge is 2.06. The van der Waals surface area contributed by atoms with Crippen molar-refractivity contribution >= 4 is 11.7 Å². The van der Waals surface area contributed by atoms with E-state index >= 15 is 0 Å². The van der Waals surface area contributed by atoms with Crippen molar-refractivity contribution in [3.05, 3.63) is 36.4 Å². The predicted molar refractivity (Wildman–Crippen MR) is 48.9 cm³/mol. The summed E-state index contributed by atoms with van der Waals surface area (Å²) in [6, 6.07) is 6.54. The first kappa shape index (κ1) is 9.32. The second kappa shape index (κ2) is 3.76. The van der Waals surface area contributed by atoms with Crippen LogP contribution in [-0.2, 0) is 9.53 Å². The van der Waals surface area contributed by atoms with Gasteiger partial charge in [-0.1, -0.05) is 18.7 Å². The van der Waals surface area contributed by atoms with Gasteiger partial charge >= 0.3 is 5.97 Å². The molecule has 3 nitrogen and oxygen atoms in total. The summed E-state index contributed by atoms with van der Waals surface area (Å²) in [6.45, 7) is 4.81. The maximum atomic E-state index is 10.6. The van der Waals surface area contributed by atoms with E-state index < -0.39 is 5.97 Å². The number of ether oxygens (including phenoxy) is 1. The fourth-order valence-corrected chi connectivity index (χ4v) is 0.938. The maximum absolute atomic E-state index is 10.6. The lowest BCUT2D eigenvalue weighted by Gasteiger charge is -2.06. The molecule has 0 aliphatic heterocycles. The number of carbonyl (C=O) groups is 1. The van der Waals surface area contributed by atoms with Gasteiger partial charge in [0.2, 0.25) is 0 Å². The number of rotatable bonds is 2. The molecule has 0 saturated heterocycles. The molecular formula is C10H10O3. The molecule has 0 unspecified atom stereocenters. The van der Waals surface area contributed by atoms with Crippen molar-refractivity contribution < 1.29 is 14.6 Å². The van der Waals surface area contributed by atoms with E-state index in [4.69, 9.17) is 4.74 Å². The first-order valence-corrected chi connectivity index (χ1v) is 3.77. The number of hydrogen-bond acceptors (Lipinski definition) is 3. The average Bonchev–Trinajstić information content (AvgIpc) is 2.03. The van der Waals surface area contributed by atoms with Crippen LogP contribution in [0.15, 0.2) is 30.8 Å². The standard InChI is InChI=1S/C10H10O3/c1-7(13-8(2)11)9-5-3-4-6-10(9)12/h3-6,12H,1H2,2H3. The number of hydrogen-bond donors (Lipinski definition) is 1. The smallest absolute Gasteiger partial charge is 0.308 e. The normalized spacial score (nSPS) is 9.31. The SMILES string of the molecule is C=C(OC(C)=O)c1ccccc1O. The molecule has 3 heteroatoms. The molecule has 1 aromatic rings. The molecule has 0 aromatic heterocycles. The van der Waals surface area contributed by atoms with E-state index in [0.717, 1.165) is 0 Å². The van der Waals surface area contributed by atoms with E-state index in [-0.39, 0.29) is 11.5 Å². The molecule has 0 amide bonds. The van der Waals surface area contributed by atoms with Gasteiger partial charge in [-0.3, -0.25) is 4.79 Å². The van der Waals surface area contributed by atoms with E-state index in [0.29, 0.717) is 5.56 Å². The fourth-order valence-electron chi connectivity index (χ4n) is 0.938. The predicted octanol–water partition coefficient (Wildman–Crippen LogP) is 1.93. The fraction of sp³-hybridized carbons (Fsp3) is 0.100. The first-order valence-electron chi connectivity index (χ1n) is 3.77. The van der Waals surface area contributed by atoms with Crippen molar-refractivity contribution in [2.75, 3.05) is 0 Å². The molecule has 1 rings (SSSR count). The van der Waals surface area contributed by atoms with Gasteiger partial charge in [0, 0.05) is 6.92 Å². The Kier molecular flexibility index (Phi) is 2.69. The Hall–Kier alpha value is -1.77. The van der Waals surface area contributed by atoms with Gasteiger partial charge in [-0.2, -0.15) is 0 Å². The topological polar surface area (TPSA) is 46.5 Å². The molecular weight excluding hydrogens is 168 g/mol. The van der Waals surface area contributed by atoms with E-state index in [2.05, 4.69) is 6.58 Å². The molecule has 0 spiro atoms. The van der Waals surface area contributed by atoms with Crippen molar-refractivity contribution in [1.82, 2.24) is 0 Å². The highest BCUT2D eigenvalue weighted by molar-refractivity contribution is 5.76. The third-order valence-corrected chi connectivity index (χ3v) is 1.47. The van der Waals surface area contributed by atoms with Crippen molar-refractivity contribution in [2.24, 2.45) is 0 Å². The lowest BCUT2D eigenvalue weighted by molar-refractivity contribution is -0.134. The highest BCUT2D eigenvalue weighted by Crippen LogP contribution is 2.23. The quantitative estimate of drug-likeness (QED) is 0.556. The van der Waals surface area contributed by atoms with Gasteiger partial charge in [-0.25, -0.2) is 0 Å². The van der Waals surface area contributed by atoms with Crippen molar-refractivity contribution in [2.45, 2.75) is 6.92 Å². The Labute approximate surface area is 76.3 Å². The lowest BCUT2D eigenvalue weighted by atomic mass is 10.2. The van der Waals surface area contributed by atoms with Crippen LogP contribution in [0.5, 0.6) is 5.75 Å². The minimum Gasteiger partial charge on any atom is -0.507 e. The Morgan fingerprint density at radius 2 is 2.08 bits per heavy atom. The summed E-state index contributed by atoms with van der Waals surface area (Å²) in [5, 5.41) is 9.34. The number of esters is 1. The largest absolute Gasteiger partial charge is 0.507 e.